The summed E-state index contributed by atoms with van der Waals surface area (Å²) in [5.74, 6) is -1.88. The Labute approximate surface area is 121 Å². The van der Waals surface area contributed by atoms with Crippen molar-refractivity contribution in [2.45, 2.75) is 13.3 Å². The summed E-state index contributed by atoms with van der Waals surface area (Å²) in [6.45, 7) is 1.78. The fourth-order valence-electron chi connectivity index (χ4n) is 1.55. The maximum Gasteiger partial charge on any atom is 0.306 e. The highest BCUT2D eigenvalue weighted by molar-refractivity contribution is 5.92. The molecule has 0 saturated heterocycles. The molecule has 1 aromatic rings. The van der Waals surface area contributed by atoms with E-state index in [1.807, 2.05) is 0 Å². The molecule has 0 radical (unpaired) electrons. The SMILES string of the molecule is CC(CCNC(=O)/C=C/c1ccccc1[N+](=O)[O-])C(=O)O. The van der Waals surface area contributed by atoms with Gasteiger partial charge in [-0.1, -0.05) is 19.1 Å². The van der Waals surface area contributed by atoms with Crippen molar-refractivity contribution in [1.29, 1.82) is 0 Å². The summed E-state index contributed by atoms with van der Waals surface area (Å²) in [4.78, 5) is 32.4. The first-order chi connectivity index (χ1) is 9.91. The van der Waals surface area contributed by atoms with Crippen molar-refractivity contribution in [1.82, 2.24) is 5.32 Å². The highest BCUT2D eigenvalue weighted by Crippen LogP contribution is 2.18. The smallest absolute Gasteiger partial charge is 0.306 e. The molecule has 0 aliphatic rings. The van der Waals surface area contributed by atoms with Crippen molar-refractivity contribution >= 4 is 23.6 Å². The second-order valence-electron chi connectivity index (χ2n) is 4.47. The van der Waals surface area contributed by atoms with E-state index in [0.29, 0.717) is 12.0 Å². The highest BCUT2D eigenvalue weighted by Gasteiger charge is 2.11. The van der Waals surface area contributed by atoms with Crippen molar-refractivity contribution in [2.24, 2.45) is 5.92 Å². The predicted octanol–water partition coefficient (Wildman–Crippen LogP) is 1.83. The highest BCUT2D eigenvalue weighted by atomic mass is 16.6. The number of nitrogens with zero attached hydrogens (tertiary/aromatic N) is 1. The lowest BCUT2D eigenvalue weighted by Gasteiger charge is -2.05. The third-order valence-electron chi connectivity index (χ3n) is 2.85. The summed E-state index contributed by atoms with van der Waals surface area (Å²) in [6.07, 6.45) is 2.86. The Morgan fingerprint density at radius 2 is 2.10 bits per heavy atom. The lowest BCUT2D eigenvalue weighted by atomic mass is 10.1. The minimum Gasteiger partial charge on any atom is -0.481 e. The third kappa shape index (κ3) is 5.43. The van der Waals surface area contributed by atoms with Crippen LogP contribution in [0.5, 0.6) is 0 Å². The molecule has 0 fully saturated rings. The number of carbonyl (C=O) groups is 2. The molecule has 21 heavy (non-hydrogen) atoms. The van der Waals surface area contributed by atoms with Gasteiger partial charge in [0, 0.05) is 18.7 Å². The van der Waals surface area contributed by atoms with Crippen LogP contribution in [-0.4, -0.2) is 28.5 Å². The number of nitrogens with one attached hydrogen (secondary N) is 1. The van der Waals surface area contributed by atoms with Crippen LogP contribution >= 0.6 is 0 Å². The largest absolute Gasteiger partial charge is 0.481 e. The summed E-state index contributed by atoms with van der Waals surface area (Å²) >= 11 is 0. The lowest BCUT2D eigenvalue weighted by molar-refractivity contribution is -0.385. The molecule has 1 atom stereocenters. The van der Waals surface area contributed by atoms with Crippen LogP contribution in [0.1, 0.15) is 18.9 Å². The van der Waals surface area contributed by atoms with E-state index in [2.05, 4.69) is 5.32 Å². The predicted molar refractivity (Wildman–Crippen MR) is 76.6 cm³/mol. The number of carboxylic acids is 1. The molecule has 0 aliphatic carbocycles. The first-order valence-electron chi connectivity index (χ1n) is 6.34. The molecule has 0 bridgehead atoms. The number of carbonyl (C=O) groups excluding carboxylic acids is 1. The molecular formula is C14H16N2O5. The molecule has 1 amide bonds. The zero-order chi connectivity index (χ0) is 15.8. The van der Waals surface area contributed by atoms with Gasteiger partial charge in [-0.3, -0.25) is 19.7 Å². The van der Waals surface area contributed by atoms with Gasteiger partial charge >= 0.3 is 5.97 Å². The molecule has 2 N–H and O–H groups in total. The van der Waals surface area contributed by atoms with Gasteiger partial charge in [0.25, 0.3) is 5.69 Å². The fourth-order valence-corrected chi connectivity index (χ4v) is 1.55. The van der Waals surface area contributed by atoms with Crippen LogP contribution in [0.4, 0.5) is 5.69 Å². The number of benzene rings is 1. The summed E-state index contributed by atoms with van der Waals surface area (Å²) in [6, 6.07) is 6.07. The van der Waals surface area contributed by atoms with Crippen LogP contribution < -0.4 is 5.32 Å². The molecular weight excluding hydrogens is 276 g/mol. The first-order valence-corrected chi connectivity index (χ1v) is 6.34. The number of carboxylic acid groups (broad SMARTS) is 1. The number of rotatable bonds is 7. The summed E-state index contributed by atoms with van der Waals surface area (Å²) in [5, 5.41) is 22.0. The van der Waals surface area contributed by atoms with Crippen LogP contribution in [0.3, 0.4) is 0 Å². The topological polar surface area (TPSA) is 110 Å². The van der Waals surface area contributed by atoms with Crippen LogP contribution in [0.2, 0.25) is 0 Å². The standard InChI is InChI=1S/C14H16N2O5/c1-10(14(18)19)8-9-15-13(17)7-6-11-4-2-3-5-12(11)16(20)21/h2-7,10H,8-9H2,1H3,(H,15,17)(H,18,19)/b7-6+. The van der Waals surface area contributed by atoms with Crippen LogP contribution in [0, 0.1) is 16.0 Å². The average Bonchev–Trinajstić information content (AvgIpc) is 2.45. The van der Waals surface area contributed by atoms with Crippen molar-refractivity contribution in [3.63, 3.8) is 0 Å². The summed E-state index contributed by atoms with van der Waals surface area (Å²) < 4.78 is 0. The molecule has 0 spiro atoms. The normalized spacial score (nSPS) is 12.0. The number of aliphatic carboxylic acids is 1. The first kappa shape index (κ1) is 16.4. The molecule has 1 aromatic carbocycles. The zero-order valence-electron chi connectivity index (χ0n) is 11.5. The molecule has 7 heteroatoms. The number of nitro groups is 1. The van der Waals surface area contributed by atoms with Crippen molar-refractivity contribution in [3.05, 3.63) is 46.0 Å². The maximum absolute atomic E-state index is 11.5. The molecule has 0 heterocycles. The van der Waals surface area contributed by atoms with Crippen molar-refractivity contribution in [3.8, 4) is 0 Å². The number of nitro benzene ring substituents is 1. The van der Waals surface area contributed by atoms with Gasteiger partial charge in [-0.05, 0) is 18.6 Å². The molecule has 0 aliphatic heterocycles. The maximum atomic E-state index is 11.5. The van der Waals surface area contributed by atoms with Gasteiger partial charge in [0.05, 0.1) is 16.4 Å². The minimum absolute atomic E-state index is 0.0824. The zero-order valence-corrected chi connectivity index (χ0v) is 11.5. The lowest BCUT2D eigenvalue weighted by Crippen LogP contribution is -2.25. The fraction of sp³-hybridized carbons (Fsp3) is 0.286. The molecule has 112 valence electrons. The second-order valence-corrected chi connectivity index (χ2v) is 4.47. The van der Waals surface area contributed by atoms with Gasteiger partial charge in [-0.25, -0.2) is 0 Å². The molecule has 0 saturated carbocycles. The number of para-hydroxylation sites is 1. The van der Waals surface area contributed by atoms with Gasteiger partial charge in [0.1, 0.15) is 0 Å². The van der Waals surface area contributed by atoms with E-state index in [9.17, 15) is 19.7 Å². The van der Waals surface area contributed by atoms with E-state index in [4.69, 9.17) is 5.11 Å². The van der Waals surface area contributed by atoms with E-state index < -0.39 is 22.7 Å². The second kappa shape index (κ2) is 7.78. The Kier molecular flexibility index (Phi) is 6.06. The van der Waals surface area contributed by atoms with Crippen molar-refractivity contribution < 1.29 is 19.6 Å². The summed E-state index contributed by atoms with van der Waals surface area (Å²) in [7, 11) is 0. The van der Waals surface area contributed by atoms with Crippen molar-refractivity contribution in [2.75, 3.05) is 6.54 Å². The van der Waals surface area contributed by atoms with Crippen LogP contribution in [0.25, 0.3) is 6.08 Å². The number of amides is 1. The molecule has 0 aromatic heterocycles. The molecule has 1 unspecified atom stereocenters. The van der Waals surface area contributed by atoms with E-state index in [1.165, 1.54) is 24.3 Å². The van der Waals surface area contributed by atoms with E-state index >= 15 is 0 Å². The Hall–Kier alpha value is -2.70. The van der Waals surface area contributed by atoms with Crippen LogP contribution in [0.15, 0.2) is 30.3 Å². The van der Waals surface area contributed by atoms with Crippen LogP contribution in [-0.2, 0) is 9.59 Å². The van der Waals surface area contributed by atoms with Gasteiger partial charge < -0.3 is 10.4 Å². The van der Waals surface area contributed by atoms with Gasteiger partial charge in [0.15, 0.2) is 0 Å². The number of hydrogen-bond donors (Lipinski definition) is 2. The monoisotopic (exact) mass is 292 g/mol. The van der Waals surface area contributed by atoms with E-state index in [-0.39, 0.29) is 12.2 Å². The van der Waals surface area contributed by atoms with E-state index in [1.54, 1.807) is 19.1 Å². The number of hydrogen-bond acceptors (Lipinski definition) is 4. The van der Waals surface area contributed by atoms with Gasteiger partial charge in [-0.15, -0.1) is 0 Å². The Bertz CT molecular complexity index is 568. The molecule has 1 rings (SSSR count). The van der Waals surface area contributed by atoms with Gasteiger partial charge in [0.2, 0.25) is 5.91 Å². The Morgan fingerprint density at radius 3 is 2.71 bits per heavy atom. The van der Waals surface area contributed by atoms with E-state index in [0.717, 1.165) is 0 Å². The minimum atomic E-state index is -0.917. The Morgan fingerprint density at radius 1 is 1.43 bits per heavy atom. The average molecular weight is 292 g/mol. The molecule has 7 nitrogen and oxygen atoms in total. The third-order valence-corrected chi connectivity index (χ3v) is 2.85. The van der Waals surface area contributed by atoms with Gasteiger partial charge in [-0.2, -0.15) is 0 Å². The quantitative estimate of drug-likeness (QED) is 0.452. The summed E-state index contributed by atoms with van der Waals surface area (Å²) in [5.41, 5.74) is 0.248. The Balaban J connectivity index is 2.55.